The van der Waals surface area contributed by atoms with E-state index in [0.29, 0.717) is 6.08 Å². The van der Waals surface area contributed by atoms with Crippen LogP contribution in [0, 0.1) is 5.82 Å². The van der Waals surface area contributed by atoms with Crippen molar-refractivity contribution >= 4 is 18.3 Å². The Kier molecular flexibility index (Phi) is 4.47. The molecular formula is C11H7F3O4. The summed E-state index contributed by atoms with van der Waals surface area (Å²) in [5.41, 5.74) is -0.837. The summed E-state index contributed by atoms with van der Waals surface area (Å²) < 4.78 is 41.5. The van der Waals surface area contributed by atoms with Gasteiger partial charge in [-0.25, -0.2) is 9.18 Å². The largest absolute Gasteiger partial charge is 0.478 e. The Labute approximate surface area is 99.3 Å². The van der Waals surface area contributed by atoms with Crippen LogP contribution in [0.3, 0.4) is 0 Å². The fourth-order valence-electron chi connectivity index (χ4n) is 1.18. The molecular weight excluding hydrogens is 253 g/mol. The first-order valence-electron chi connectivity index (χ1n) is 4.58. The number of ether oxygens (including phenoxy) is 1. The third-order valence-corrected chi connectivity index (χ3v) is 1.86. The first-order chi connectivity index (χ1) is 8.43. The molecule has 0 fully saturated rings. The van der Waals surface area contributed by atoms with E-state index in [1.165, 1.54) is 0 Å². The zero-order chi connectivity index (χ0) is 13.7. The second-order valence-corrected chi connectivity index (χ2v) is 3.08. The van der Waals surface area contributed by atoms with Gasteiger partial charge in [0.25, 0.3) is 0 Å². The number of carbonyl (C=O) groups excluding carboxylic acids is 1. The Morgan fingerprint density at radius 2 is 1.94 bits per heavy atom. The Balaban J connectivity index is 3.22. The minimum atomic E-state index is -3.13. The summed E-state index contributed by atoms with van der Waals surface area (Å²) in [7, 11) is 0. The fraction of sp³-hybridized carbons (Fsp3) is 0.0909. The van der Waals surface area contributed by atoms with Crippen molar-refractivity contribution < 1.29 is 32.6 Å². The predicted octanol–water partition coefficient (Wildman–Crippen LogP) is 2.34. The molecule has 0 spiro atoms. The minimum Gasteiger partial charge on any atom is -0.478 e. The van der Waals surface area contributed by atoms with Gasteiger partial charge in [0.05, 0.1) is 5.56 Å². The number of alkyl halides is 2. The fourth-order valence-corrected chi connectivity index (χ4v) is 1.18. The molecule has 0 radical (unpaired) electrons. The minimum absolute atomic E-state index is 0.117. The summed E-state index contributed by atoms with van der Waals surface area (Å²) in [5, 5.41) is 8.38. The lowest BCUT2D eigenvalue weighted by Crippen LogP contribution is -2.04. The average Bonchev–Trinajstić information content (AvgIpc) is 2.28. The van der Waals surface area contributed by atoms with Crippen molar-refractivity contribution in [2.75, 3.05) is 0 Å². The van der Waals surface area contributed by atoms with Crippen LogP contribution in [-0.2, 0) is 4.79 Å². The summed E-state index contributed by atoms with van der Waals surface area (Å²) in [6.45, 7) is -3.13. The maximum atomic E-state index is 13.5. The number of rotatable bonds is 5. The van der Waals surface area contributed by atoms with Gasteiger partial charge in [0.15, 0.2) is 6.29 Å². The van der Waals surface area contributed by atoms with Crippen molar-refractivity contribution in [3.63, 3.8) is 0 Å². The van der Waals surface area contributed by atoms with E-state index < -0.39 is 29.7 Å². The highest BCUT2D eigenvalue weighted by atomic mass is 19.3. The van der Waals surface area contributed by atoms with Crippen molar-refractivity contribution in [3.05, 3.63) is 35.2 Å². The predicted molar refractivity (Wildman–Crippen MR) is 55.1 cm³/mol. The van der Waals surface area contributed by atoms with Gasteiger partial charge in [0.2, 0.25) is 0 Å². The van der Waals surface area contributed by atoms with E-state index in [2.05, 4.69) is 4.74 Å². The summed E-state index contributed by atoms with van der Waals surface area (Å²) in [4.78, 5) is 20.8. The molecule has 0 aliphatic heterocycles. The van der Waals surface area contributed by atoms with Crippen LogP contribution in [0.15, 0.2) is 18.2 Å². The van der Waals surface area contributed by atoms with Crippen molar-refractivity contribution in [2.45, 2.75) is 6.61 Å². The van der Waals surface area contributed by atoms with Gasteiger partial charge in [-0.15, -0.1) is 0 Å². The Morgan fingerprint density at radius 3 is 2.44 bits per heavy atom. The lowest BCUT2D eigenvalue weighted by atomic mass is 10.1. The number of carboxylic acids is 1. The third-order valence-electron chi connectivity index (χ3n) is 1.86. The number of halogens is 3. The maximum absolute atomic E-state index is 13.5. The molecule has 1 aromatic carbocycles. The monoisotopic (exact) mass is 260 g/mol. The van der Waals surface area contributed by atoms with Gasteiger partial charge in [-0.3, -0.25) is 4.79 Å². The van der Waals surface area contributed by atoms with Crippen LogP contribution in [0.5, 0.6) is 5.75 Å². The number of carboxylic acid groups (broad SMARTS) is 1. The molecule has 96 valence electrons. The van der Waals surface area contributed by atoms with Crippen LogP contribution in [-0.4, -0.2) is 24.0 Å². The standard InChI is InChI=1S/C11H7F3O4/c12-10-6(1-2-9(16)17)3-8(18-11(13)14)4-7(10)5-15/h1-5,11H,(H,16,17)/b2-1+. The van der Waals surface area contributed by atoms with E-state index in [0.717, 1.165) is 18.2 Å². The molecule has 0 atom stereocenters. The topological polar surface area (TPSA) is 63.6 Å². The summed E-state index contributed by atoms with van der Waals surface area (Å²) >= 11 is 0. The van der Waals surface area contributed by atoms with Gasteiger partial charge in [-0.1, -0.05) is 0 Å². The third kappa shape index (κ3) is 3.62. The molecule has 0 aliphatic carbocycles. The van der Waals surface area contributed by atoms with E-state index >= 15 is 0 Å². The summed E-state index contributed by atoms with van der Waals surface area (Å²) in [6, 6.07) is 1.67. The van der Waals surface area contributed by atoms with Crippen LogP contribution < -0.4 is 4.74 Å². The molecule has 0 aromatic heterocycles. The molecule has 0 aliphatic rings. The molecule has 0 saturated carbocycles. The van der Waals surface area contributed by atoms with E-state index in [-0.39, 0.29) is 11.8 Å². The number of aldehydes is 1. The van der Waals surface area contributed by atoms with Gasteiger partial charge < -0.3 is 9.84 Å². The highest BCUT2D eigenvalue weighted by Gasteiger charge is 2.12. The lowest BCUT2D eigenvalue weighted by molar-refractivity contribution is -0.131. The van der Waals surface area contributed by atoms with E-state index in [9.17, 15) is 22.8 Å². The molecule has 1 aromatic rings. The molecule has 18 heavy (non-hydrogen) atoms. The molecule has 1 rings (SSSR count). The normalized spacial score (nSPS) is 10.9. The summed E-state index contributed by atoms with van der Waals surface area (Å²) in [6.07, 6.45) is 1.56. The highest BCUT2D eigenvalue weighted by Crippen LogP contribution is 2.23. The van der Waals surface area contributed by atoms with E-state index in [1.54, 1.807) is 0 Å². The molecule has 0 amide bonds. The average molecular weight is 260 g/mol. The Morgan fingerprint density at radius 1 is 1.33 bits per heavy atom. The van der Waals surface area contributed by atoms with Crippen molar-refractivity contribution in [3.8, 4) is 5.75 Å². The number of hydrogen-bond donors (Lipinski definition) is 1. The van der Waals surface area contributed by atoms with Crippen molar-refractivity contribution in [2.24, 2.45) is 0 Å². The van der Waals surface area contributed by atoms with E-state index in [1.807, 2.05) is 0 Å². The SMILES string of the molecule is O=Cc1cc(OC(F)F)cc(/C=C/C(=O)O)c1F. The number of aliphatic carboxylic acids is 1. The number of carbonyl (C=O) groups is 2. The molecule has 1 N–H and O–H groups in total. The first-order valence-corrected chi connectivity index (χ1v) is 4.58. The molecule has 7 heteroatoms. The first kappa shape index (κ1) is 13.8. The molecule has 0 bridgehead atoms. The zero-order valence-corrected chi connectivity index (χ0v) is 8.77. The van der Waals surface area contributed by atoms with Crippen LogP contribution >= 0.6 is 0 Å². The van der Waals surface area contributed by atoms with Gasteiger partial charge in [-0.05, 0) is 18.2 Å². The van der Waals surface area contributed by atoms with Gasteiger partial charge in [-0.2, -0.15) is 8.78 Å². The molecule has 0 unspecified atom stereocenters. The molecule has 4 nitrogen and oxygen atoms in total. The quantitative estimate of drug-likeness (QED) is 0.652. The maximum Gasteiger partial charge on any atom is 0.387 e. The van der Waals surface area contributed by atoms with Gasteiger partial charge in [0, 0.05) is 11.6 Å². The second kappa shape index (κ2) is 5.85. The zero-order valence-electron chi connectivity index (χ0n) is 8.77. The van der Waals surface area contributed by atoms with E-state index in [4.69, 9.17) is 5.11 Å². The lowest BCUT2D eigenvalue weighted by Gasteiger charge is -2.07. The van der Waals surface area contributed by atoms with Gasteiger partial charge >= 0.3 is 12.6 Å². The van der Waals surface area contributed by atoms with Crippen LogP contribution in [0.4, 0.5) is 13.2 Å². The second-order valence-electron chi connectivity index (χ2n) is 3.08. The van der Waals surface area contributed by atoms with Crippen LogP contribution in [0.1, 0.15) is 15.9 Å². The van der Waals surface area contributed by atoms with Gasteiger partial charge in [0.1, 0.15) is 11.6 Å². The molecule has 0 saturated heterocycles. The van der Waals surface area contributed by atoms with Crippen LogP contribution in [0.25, 0.3) is 6.08 Å². The summed E-state index contributed by atoms with van der Waals surface area (Å²) in [5.74, 6) is -2.79. The number of hydrogen-bond acceptors (Lipinski definition) is 3. The van der Waals surface area contributed by atoms with Crippen molar-refractivity contribution in [1.29, 1.82) is 0 Å². The Bertz CT molecular complexity index is 497. The smallest absolute Gasteiger partial charge is 0.387 e. The Hall–Kier alpha value is -2.31. The molecule has 0 heterocycles. The van der Waals surface area contributed by atoms with Crippen molar-refractivity contribution in [1.82, 2.24) is 0 Å². The number of benzene rings is 1. The van der Waals surface area contributed by atoms with Crippen LogP contribution in [0.2, 0.25) is 0 Å². The highest BCUT2D eigenvalue weighted by molar-refractivity contribution is 5.86.